The van der Waals surface area contributed by atoms with E-state index < -0.39 is 0 Å². The van der Waals surface area contributed by atoms with Gasteiger partial charge in [-0.25, -0.2) is 0 Å². The first-order valence-electron chi connectivity index (χ1n) is 5.72. The number of thioether (sulfide) groups is 1. The lowest BCUT2D eigenvalue weighted by molar-refractivity contribution is 0.411. The van der Waals surface area contributed by atoms with E-state index in [2.05, 4.69) is 30.9 Å². The Bertz CT molecular complexity index is 120. The summed E-state index contributed by atoms with van der Waals surface area (Å²) in [6.45, 7) is 5.79. The maximum absolute atomic E-state index is 3.70. The molecule has 0 unspecified atom stereocenters. The molecule has 1 fully saturated rings. The largest absolute Gasteiger partial charge is 0.302 e. The van der Waals surface area contributed by atoms with Crippen molar-refractivity contribution in [2.24, 2.45) is 0 Å². The molecule has 1 N–H and O–H groups in total. The summed E-state index contributed by atoms with van der Waals surface area (Å²) in [6.07, 6.45) is 8.15. The lowest BCUT2D eigenvalue weighted by Gasteiger charge is -2.28. The molecule has 0 saturated carbocycles. The second-order valence-corrected chi connectivity index (χ2v) is 5.46. The minimum atomic E-state index is 0.464. The maximum Gasteiger partial charge on any atom is 0.0645 e. The lowest BCUT2D eigenvalue weighted by atomic mass is 10.0. The first-order chi connectivity index (χ1) is 6.33. The van der Waals surface area contributed by atoms with E-state index in [1.165, 1.54) is 50.8 Å². The Kier molecular flexibility index (Phi) is 5.18. The third-order valence-corrected chi connectivity index (χ3v) is 4.31. The topological polar surface area (TPSA) is 12.0 Å². The smallest absolute Gasteiger partial charge is 0.0645 e. The molecular weight excluding hydrogens is 178 g/mol. The molecule has 1 heterocycles. The minimum Gasteiger partial charge on any atom is -0.302 e. The van der Waals surface area contributed by atoms with E-state index in [1.54, 1.807) is 0 Å². The lowest BCUT2D eigenvalue weighted by Crippen LogP contribution is -2.37. The van der Waals surface area contributed by atoms with Crippen molar-refractivity contribution < 1.29 is 0 Å². The predicted molar refractivity (Wildman–Crippen MR) is 62.2 cm³/mol. The molecular formula is C11H23NS. The van der Waals surface area contributed by atoms with Gasteiger partial charge in [0, 0.05) is 12.3 Å². The molecule has 78 valence electrons. The van der Waals surface area contributed by atoms with Crippen LogP contribution >= 0.6 is 11.8 Å². The van der Waals surface area contributed by atoms with Crippen LogP contribution in [0, 0.1) is 0 Å². The molecule has 0 spiro atoms. The van der Waals surface area contributed by atoms with E-state index in [0.717, 1.165) is 0 Å². The number of nitrogens with one attached hydrogen (secondary N) is 1. The number of unbranched alkanes of at least 4 members (excludes halogenated alkanes) is 2. The van der Waals surface area contributed by atoms with Crippen molar-refractivity contribution >= 4 is 11.8 Å². The van der Waals surface area contributed by atoms with Crippen LogP contribution in [0.15, 0.2) is 0 Å². The van der Waals surface area contributed by atoms with E-state index in [9.17, 15) is 0 Å². The molecule has 0 atom stereocenters. The van der Waals surface area contributed by atoms with Crippen molar-refractivity contribution in [3.05, 3.63) is 0 Å². The Morgan fingerprint density at radius 3 is 2.15 bits per heavy atom. The highest BCUT2D eigenvalue weighted by molar-refractivity contribution is 8.00. The average Bonchev–Trinajstić information content (AvgIpc) is 2.61. The molecule has 2 heteroatoms. The summed E-state index contributed by atoms with van der Waals surface area (Å²) in [5.74, 6) is 1.31. The van der Waals surface area contributed by atoms with Crippen molar-refractivity contribution in [2.45, 2.75) is 57.2 Å². The third kappa shape index (κ3) is 3.51. The zero-order chi connectivity index (χ0) is 9.57. The van der Waals surface area contributed by atoms with Crippen LogP contribution < -0.4 is 5.32 Å². The molecule has 1 aliphatic rings. The number of hydrogen-bond acceptors (Lipinski definition) is 2. The molecule has 13 heavy (non-hydrogen) atoms. The number of hydrogen-bond donors (Lipinski definition) is 1. The molecule has 0 bridgehead atoms. The summed E-state index contributed by atoms with van der Waals surface area (Å²) in [5, 5.41) is 3.70. The first-order valence-corrected chi connectivity index (χ1v) is 6.70. The van der Waals surface area contributed by atoms with Crippen LogP contribution in [-0.4, -0.2) is 17.2 Å². The molecule has 0 radical (unpaired) electrons. The highest BCUT2D eigenvalue weighted by Gasteiger charge is 2.32. The number of rotatable bonds is 6. The Morgan fingerprint density at radius 2 is 1.77 bits per heavy atom. The van der Waals surface area contributed by atoms with Crippen LogP contribution in [0.2, 0.25) is 0 Å². The SMILES string of the molecule is CCCCC1(CCCC)NCCS1. The standard InChI is InChI=1S/C11H23NS/c1-3-5-7-11(8-6-4-2)12-9-10-13-11/h12H,3-10H2,1-2H3. The van der Waals surface area contributed by atoms with Gasteiger partial charge in [0.2, 0.25) is 0 Å². The highest BCUT2D eigenvalue weighted by atomic mass is 32.2. The molecule has 1 nitrogen and oxygen atoms in total. The Labute approximate surface area is 87.1 Å². The van der Waals surface area contributed by atoms with Crippen LogP contribution in [0.25, 0.3) is 0 Å². The quantitative estimate of drug-likeness (QED) is 0.707. The van der Waals surface area contributed by atoms with Crippen LogP contribution in [0.5, 0.6) is 0 Å². The summed E-state index contributed by atoms with van der Waals surface area (Å²) in [4.78, 5) is 0.464. The molecule has 1 aliphatic heterocycles. The van der Waals surface area contributed by atoms with Crippen molar-refractivity contribution in [3.8, 4) is 0 Å². The van der Waals surface area contributed by atoms with Crippen LogP contribution in [0.4, 0.5) is 0 Å². The normalized spacial score (nSPS) is 20.8. The van der Waals surface area contributed by atoms with Crippen molar-refractivity contribution in [3.63, 3.8) is 0 Å². The van der Waals surface area contributed by atoms with Gasteiger partial charge in [-0.1, -0.05) is 39.5 Å². The van der Waals surface area contributed by atoms with E-state index in [0.29, 0.717) is 4.87 Å². The molecule has 1 saturated heterocycles. The fourth-order valence-corrected chi connectivity index (χ4v) is 3.32. The van der Waals surface area contributed by atoms with E-state index in [1.807, 2.05) is 0 Å². The second-order valence-electron chi connectivity index (χ2n) is 3.98. The van der Waals surface area contributed by atoms with Gasteiger partial charge in [0.25, 0.3) is 0 Å². The molecule has 0 aliphatic carbocycles. The third-order valence-electron chi connectivity index (χ3n) is 2.80. The summed E-state index contributed by atoms with van der Waals surface area (Å²) in [5.41, 5.74) is 0. The Hall–Kier alpha value is 0.310. The van der Waals surface area contributed by atoms with Gasteiger partial charge in [-0.05, 0) is 12.8 Å². The fraction of sp³-hybridized carbons (Fsp3) is 1.00. The van der Waals surface area contributed by atoms with Gasteiger partial charge in [0.1, 0.15) is 0 Å². The molecule has 0 amide bonds. The van der Waals surface area contributed by atoms with Crippen LogP contribution in [0.1, 0.15) is 52.4 Å². The Morgan fingerprint density at radius 1 is 1.15 bits per heavy atom. The van der Waals surface area contributed by atoms with Gasteiger partial charge in [0.15, 0.2) is 0 Å². The van der Waals surface area contributed by atoms with Gasteiger partial charge in [-0.3, -0.25) is 0 Å². The Balaban J connectivity index is 2.33. The van der Waals surface area contributed by atoms with Gasteiger partial charge in [-0.15, -0.1) is 11.8 Å². The van der Waals surface area contributed by atoms with E-state index in [4.69, 9.17) is 0 Å². The molecule has 1 rings (SSSR count). The summed E-state index contributed by atoms with van der Waals surface area (Å²) in [7, 11) is 0. The zero-order valence-electron chi connectivity index (χ0n) is 9.07. The van der Waals surface area contributed by atoms with Gasteiger partial charge in [0.05, 0.1) is 4.87 Å². The average molecular weight is 201 g/mol. The van der Waals surface area contributed by atoms with Gasteiger partial charge < -0.3 is 5.32 Å². The van der Waals surface area contributed by atoms with Crippen molar-refractivity contribution in [2.75, 3.05) is 12.3 Å². The summed E-state index contributed by atoms with van der Waals surface area (Å²) < 4.78 is 0. The van der Waals surface area contributed by atoms with Crippen LogP contribution in [0.3, 0.4) is 0 Å². The van der Waals surface area contributed by atoms with Crippen molar-refractivity contribution in [1.82, 2.24) is 5.32 Å². The first kappa shape index (κ1) is 11.4. The van der Waals surface area contributed by atoms with Crippen molar-refractivity contribution in [1.29, 1.82) is 0 Å². The maximum atomic E-state index is 3.70. The molecule has 0 aromatic carbocycles. The monoisotopic (exact) mass is 201 g/mol. The van der Waals surface area contributed by atoms with Crippen LogP contribution in [-0.2, 0) is 0 Å². The van der Waals surface area contributed by atoms with E-state index in [-0.39, 0.29) is 0 Å². The summed E-state index contributed by atoms with van der Waals surface area (Å²) >= 11 is 2.16. The van der Waals surface area contributed by atoms with Gasteiger partial charge in [-0.2, -0.15) is 0 Å². The molecule has 0 aromatic rings. The summed E-state index contributed by atoms with van der Waals surface area (Å²) in [6, 6.07) is 0. The van der Waals surface area contributed by atoms with Gasteiger partial charge >= 0.3 is 0 Å². The fourth-order valence-electron chi connectivity index (χ4n) is 1.95. The second kappa shape index (κ2) is 5.92. The van der Waals surface area contributed by atoms with E-state index >= 15 is 0 Å². The predicted octanol–water partition coefficient (Wildman–Crippen LogP) is 3.40. The highest BCUT2D eigenvalue weighted by Crippen LogP contribution is 2.36. The zero-order valence-corrected chi connectivity index (χ0v) is 9.88. The minimum absolute atomic E-state index is 0.464. The molecule has 0 aromatic heterocycles.